The zero-order valence-electron chi connectivity index (χ0n) is 11.1. The van der Waals surface area contributed by atoms with Crippen LogP contribution < -0.4 is 5.73 Å². The van der Waals surface area contributed by atoms with Crippen LogP contribution in [0.1, 0.15) is 5.56 Å². The molecule has 2 aromatic carbocycles. The van der Waals surface area contributed by atoms with Gasteiger partial charge in [0, 0.05) is 15.7 Å². The summed E-state index contributed by atoms with van der Waals surface area (Å²) in [7, 11) is 0. The maximum absolute atomic E-state index is 14.0. The first-order valence-electron chi connectivity index (χ1n) is 6.16. The predicted molar refractivity (Wildman–Crippen MR) is 81.4 cm³/mol. The van der Waals surface area contributed by atoms with E-state index in [1.807, 2.05) is 13.0 Å². The lowest BCUT2D eigenvalue weighted by Crippen LogP contribution is -2.03. The molecule has 7 heteroatoms. The van der Waals surface area contributed by atoms with E-state index in [2.05, 4.69) is 31.5 Å². The lowest BCUT2D eigenvalue weighted by atomic mass is 10.1. The van der Waals surface area contributed by atoms with Crippen LogP contribution in [0, 0.1) is 12.7 Å². The number of benzene rings is 2. The molecule has 0 bridgehead atoms. The Morgan fingerprint density at radius 1 is 1.19 bits per heavy atom. The van der Waals surface area contributed by atoms with Crippen LogP contribution in [-0.4, -0.2) is 20.2 Å². The van der Waals surface area contributed by atoms with Crippen molar-refractivity contribution in [1.82, 2.24) is 20.2 Å². The first-order chi connectivity index (χ1) is 10.1. The summed E-state index contributed by atoms with van der Waals surface area (Å²) in [6, 6.07) is 10.1. The second-order valence-electron chi connectivity index (χ2n) is 4.58. The zero-order chi connectivity index (χ0) is 15.0. The summed E-state index contributed by atoms with van der Waals surface area (Å²) >= 11 is 3.32. The predicted octanol–water partition coefficient (Wildman–Crippen LogP) is 3.12. The maximum atomic E-state index is 14.0. The van der Waals surface area contributed by atoms with Crippen molar-refractivity contribution >= 4 is 21.6 Å². The second-order valence-corrected chi connectivity index (χ2v) is 5.50. The molecule has 0 unspecified atom stereocenters. The summed E-state index contributed by atoms with van der Waals surface area (Å²) in [5.74, 6) is 0.0500. The van der Waals surface area contributed by atoms with E-state index in [0.29, 0.717) is 11.5 Å². The van der Waals surface area contributed by atoms with Crippen LogP contribution >= 0.6 is 15.9 Å². The molecule has 3 aromatic rings. The van der Waals surface area contributed by atoms with Crippen LogP contribution in [0.5, 0.6) is 0 Å². The van der Waals surface area contributed by atoms with Gasteiger partial charge in [-0.3, -0.25) is 0 Å². The lowest BCUT2D eigenvalue weighted by molar-refractivity contribution is 0.607. The highest BCUT2D eigenvalue weighted by atomic mass is 79.9. The summed E-state index contributed by atoms with van der Waals surface area (Å²) in [5.41, 5.74) is 8.46. The average Bonchev–Trinajstić information content (AvgIpc) is 2.93. The van der Waals surface area contributed by atoms with E-state index in [1.54, 1.807) is 24.3 Å². The highest BCUT2D eigenvalue weighted by Gasteiger charge is 2.15. The van der Waals surface area contributed by atoms with Crippen molar-refractivity contribution in [2.45, 2.75) is 6.92 Å². The molecule has 0 saturated heterocycles. The minimum Gasteiger partial charge on any atom is -0.399 e. The van der Waals surface area contributed by atoms with E-state index >= 15 is 0 Å². The lowest BCUT2D eigenvalue weighted by Gasteiger charge is -2.08. The molecule has 3 rings (SSSR count). The van der Waals surface area contributed by atoms with Crippen molar-refractivity contribution < 1.29 is 4.39 Å². The van der Waals surface area contributed by atoms with Crippen molar-refractivity contribution in [2.75, 3.05) is 5.73 Å². The minimum absolute atomic E-state index is 0.277. The number of hydrogen-bond donors (Lipinski definition) is 1. The Hall–Kier alpha value is -2.28. The number of tetrazole rings is 1. The van der Waals surface area contributed by atoms with Crippen LogP contribution in [-0.2, 0) is 0 Å². The molecule has 0 aliphatic carbocycles. The van der Waals surface area contributed by atoms with Gasteiger partial charge in [0.05, 0.1) is 0 Å². The summed E-state index contributed by atoms with van der Waals surface area (Å²) in [6.07, 6.45) is 0. The molecular formula is C14H11BrFN5. The Balaban J connectivity index is 2.17. The number of nitrogens with zero attached hydrogens (tertiary/aromatic N) is 4. The van der Waals surface area contributed by atoms with Crippen LogP contribution in [0.4, 0.5) is 10.1 Å². The molecule has 0 saturated carbocycles. The summed E-state index contributed by atoms with van der Waals surface area (Å²) in [5, 5.41) is 11.5. The Labute approximate surface area is 128 Å². The van der Waals surface area contributed by atoms with Crippen molar-refractivity contribution in [3.63, 3.8) is 0 Å². The molecule has 0 aliphatic rings. The first-order valence-corrected chi connectivity index (χ1v) is 6.96. The van der Waals surface area contributed by atoms with Crippen molar-refractivity contribution in [3.8, 4) is 17.1 Å². The largest absolute Gasteiger partial charge is 0.399 e. The van der Waals surface area contributed by atoms with Gasteiger partial charge in [0.25, 0.3) is 0 Å². The van der Waals surface area contributed by atoms with Crippen molar-refractivity contribution in [3.05, 3.63) is 52.3 Å². The van der Waals surface area contributed by atoms with Gasteiger partial charge in [-0.05, 0) is 59.3 Å². The molecule has 106 valence electrons. The van der Waals surface area contributed by atoms with Gasteiger partial charge < -0.3 is 5.73 Å². The van der Waals surface area contributed by atoms with Crippen LogP contribution in [0.15, 0.2) is 40.9 Å². The van der Waals surface area contributed by atoms with E-state index in [-0.39, 0.29) is 5.69 Å². The summed E-state index contributed by atoms with van der Waals surface area (Å²) in [4.78, 5) is 0. The SMILES string of the molecule is Cc1cc(-c2nnnn2-c2cc(Br)ccc2F)ccc1N. The summed E-state index contributed by atoms with van der Waals surface area (Å²) in [6.45, 7) is 1.90. The Morgan fingerprint density at radius 3 is 2.76 bits per heavy atom. The van der Waals surface area contributed by atoms with Gasteiger partial charge in [-0.2, -0.15) is 4.68 Å². The molecule has 0 atom stereocenters. The van der Waals surface area contributed by atoms with Crippen molar-refractivity contribution in [1.29, 1.82) is 0 Å². The number of aromatic nitrogens is 4. The molecule has 0 spiro atoms. The standard InChI is InChI=1S/C14H11BrFN5/c1-8-6-9(2-5-12(8)17)14-18-19-20-21(14)13-7-10(15)3-4-11(13)16/h2-7H,17H2,1H3. The van der Waals surface area contributed by atoms with Crippen LogP contribution in [0.25, 0.3) is 17.1 Å². The molecule has 0 radical (unpaired) electrons. The average molecular weight is 348 g/mol. The number of hydrogen-bond acceptors (Lipinski definition) is 4. The fraction of sp³-hybridized carbons (Fsp3) is 0.0714. The van der Waals surface area contributed by atoms with E-state index in [1.165, 1.54) is 10.7 Å². The van der Waals surface area contributed by atoms with Crippen LogP contribution in [0.3, 0.4) is 0 Å². The van der Waals surface area contributed by atoms with Gasteiger partial charge in [-0.15, -0.1) is 5.10 Å². The minimum atomic E-state index is -0.404. The van der Waals surface area contributed by atoms with E-state index in [9.17, 15) is 4.39 Å². The maximum Gasteiger partial charge on any atom is 0.187 e. The number of nitrogen functional groups attached to an aromatic ring is 1. The highest BCUT2D eigenvalue weighted by molar-refractivity contribution is 9.10. The van der Waals surface area contributed by atoms with Gasteiger partial charge in [0.15, 0.2) is 5.82 Å². The second kappa shape index (κ2) is 5.25. The monoisotopic (exact) mass is 347 g/mol. The molecule has 21 heavy (non-hydrogen) atoms. The smallest absolute Gasteiger partial charge is 0.187 e. The molecule has 0 fully saturated rings. The molecule has 1 aromatic heterocycles. The number of rotatable bonds is 2. The number of aryl methyl sites for hydroxylation is 1. The number of nitrogens with two attached hydrogens (primary N) is 1. The van der Waals surface area contributed by atoms with Gasteiger partial charge in [0.1, 0.15) is 11.5 Å². The molecule has 1 heterocycles. The van der Waals surface area contributed by atoms with E-state index < -0.39 is 5.82 Å². The fourth-order valence-corrected chi connectivity index (χ4v) is 2.34. The molecule has 5 nitrogen and oxygen atoms in total. The Kier molecular flexibility index (Phi) is 3.42. The quantitative estimate of drug-likeness (QED) is 0.723. The third-order valence-corrected chi connectivity index (χ3v) is 3.63. The van der Waals surface area contributed by atoms with E-state index in [4.69, 9.17) is 5.73 Å². The first kappa shape index (κ1) is 13.7. The summed E-state index contributed by atoms with van der Waals surface area (Å²) < 4.78 is 16.1. The Morgan fingerprint density at radius 2 is 2.00 bits per heavy atom. The van der Waals surface area contributed by atoms with Gasteiger partial charge >= 0.3 is 0 Å². The third-order valence-electron chi connectivity index (χ3n) is 3.13. The van der Waals surface area contributed by atoms with Gasteiger partial charge in [-0.1, -0.05) is 15.9 Å². The topological polar surface area (TPSA) is 69.6 Å². The Bertz CT molecular complexity index is 815. The molecule has 0 aliphatic heterocycles. The normalized spacial score (nSPS) is 10.8. The van der Waals surface area contributed by atoms with Gasteiger partial charge in [0.2, 0.25) is 0 Å². The van der Waals surface area contributed by atoms with Crippen LogP contribution in [0.2, 0.25) is 0 Å². The fourth-order valence-electron chi connectivity index (χ4n) is 1.99. The van der Waals surface area contributed by atoms with Crippen molar-refractivity contribution in [2.24, 2.45) is 0 Å². The molecule has 0 amide bonds. The number of halogens is 2. The van der Waals surface area contributed by atoms with Gasteiger partial charge in [-0.25, -0.2) is 4.39 Å². The zero-order valence-corrected chi connectivity index (χ0v) is 12.7. The number of anilines is 1. The molecule has 2 N–H and O–H groups in total. The highest BCUT2D eigenvalue weighted by Crippen LogP contribution is 2.25. The van der Waals surface area contributed by atoms with E-state index in [0.717, 1.165) is 15.6 Å². The molecular weight excluding hydrogens is 337 g/mol. The third kappa shape index (κ3) is 2.52.